The van der Waals surface area contributed by atoms with Gasteiger partial charge >= 0.3 is 0 Å². The number of nitrogens with zero attached hydrogens (tertiary/aromatic N) is 4. The molecule has 1 N–H and O–H groups in total. The summed E-state index contributed by atoms with van der Waals surface area (Å²) in [6, 6.07) is 17.7. The van der Waals surface area contributed by atoms with Crippen molar-refractivity contribution >= 4 is 22.8 Å². The molecule has 1 amide bonds. The third-order valence-electron chi connectivity index (χ3n) is 6.97. The first-order valence-electron chi connectivity index (χ1n) is 12.5. The van der Waals surface area contributed by atoms with Crippen molar-refractivity contribution in [3.8, 4) is 0 Å². The number of carbonyl (C=O) groups excluding carboxylic acids is 1. The van der Waals surface area contributed by atoms with E-state index in [1.165, 1.54) is 0 Å². The van der Waals surface area contributed by atoms with Crippen LogP contribution in [0.25, 0.3) is 11.0 Å². The molecular formula is C28H31N5O3. The van der Waals surface area contributed by atoms with Gasteiger partial charge in [-0.25, -0.2) is 4.98 Å². The van der Waals surface area contributed by atoms with Crippen LogP contribution in [0.15, 0.2) is 63.9 Å². The molecule has 3 heterocycles. The van der Waals surface area contributed by atoms with Crippen molar-refractivity contribution in [1.29, 1.82) is 0 Å². The van der Waals surface area contributed by atoms with Crippen LogP contribution in [0.4, 0.5) is 5.82 Å². The van der Waals surface area contributed by atoms with E-state index < -0.39 is 0 Å². The van der Waals surface area contributed by atoms with E-state index in [1.54, 1.807) is 4.57 Å². The largest absolute Gasteiger partial charge is 0.361 e. The van der Waals surface area contributed by atoms with Crippen molar-refractivity contribution in [2.24, 2.45) is 5.92 Å². The summed E-state index contributed by atoms with van der Waals surface area (Å²) in [6.45, 7) is 5.97. The third-order valence-corrected chi connectivity index (χ3v) is 6.97. The van der Waals surface area contributed by atoms with Gasteiger partial charge in [-0.05, 0) is 50.8 Å². The van der Waals surface area contributed by atoms with Gasteiger partial charge in [0.15, 0.2) is 5.82 Å². The van der Waals surface area contributed by atoms with Crippen LogP contribution in [-0.2, 0) is 17.8 Å². The topological polar surface area (TPSA) is 93.3 Å². The first-order chi connectivity index (χ1) is 17.5. The van der Waals surface area contributed by atoms with Crippen LogP contribution in [0.3, 0.4) is 0 Å². The number of amides is 1. The Hall–Kier alpha value is -3.94. The predicted molar refractivity (Wildman–Crippen MR) is 139 cm³/mol. The van der Waals surface area contributed by atoms with Gasteiger partial charge in [0.25, 0.3) is 5.56 Å². The number of anilines is 1. The molecule has 0 spiro atoms. The molecule has 2 aromatic carbocycles. The summed E-state index contributed by atoms with van der Waals surface area (Å²) in [7, 11) is 0. The molecule has 186 valence electrons. The fourth-order valence-corrected chi connectivity index (χ4v) is 5.01. The zero-order chi connectivity index (χ0) is 25.1. The van der Waals surface area contributed by atoms with Gasteiger partial charge in [-0.1, -0.05) is 47.6 Å². The molecule has 1 saturated heterocycles. The Bertz CT molecular complexity index is 1410. The molecule has 5 rings (SSSR count). The summed E-state index contributed by atoms with van der Waals surface area (Å²) in [4.78, 5) is 33.4. The molecule has 8 heteroatoms. The van der Waals surface area contributed by atoms with Crippen LogP contribution in [0.5, 0.6) is 0 Å². The lowest BCUT2D eigenvalue weighted by atomic mass is 9.97. The Morgan fingerprint density at radius 2 is 1.89 bits per heavy atom. The smallest absolute Gasteiger partial charge is 0.294 e. The minimum absolute atomic E-state index is 0.0110. The van der Waals surface area contributed by atoms with Crippen molar-refractivity contribution in [3.05, 3.63) is 87.5 Å². The zero-order valence-corrected chi connectivity index (χ0v) is 20.7. The van der Waals surface area contributed by atoms with E-state index >= 15 is 0 Å². The van der Waals surface area contributed by atoms with E-state index in [9.17, 15) is 9.59 Å². The van der Waals surface area contributed by atoms with Crippen molar-refractivity contribution in [2.75, 3.05) is 24.5 Å². The van der Waals surface area contributed by atoms with E-state index in [4.69, 9.17) is 9.51 Å². The highest BCUT2D eigenvalue weighted by molar-refractivity contribution is 5.80. The van der Waals surface area contributed by atoms with Crippen molar-refractivity contribution in [1.82, 2.24) is 20.0 Å². The maximum absolute atomic E-state index is 13.7. The Balaban J connectivity index is 1.34. The normalized spacial score (nSPS) is 15.8. The molecule has 8 nitrogen and oxygen atoms in total. The molecule has 0 unspecified atom stereocenters. The molecular weight excluding hydrogens is 454 g/mol. The number of benzene rings is 2. The molecule has 1 aliphatic heterocycles. The summed E-state index contributed by atoms with van der Waals surface area (Å²) >= 11 is 0. The molecule has 4 aromatic rings. The molecule has 2 aromatic heterocycles. The Morgan fingerprint density at radius 3 is 2.67 bits per heavy atom. The van der Waals surface area contributed by atoms with Gasteiger partial charge in [0.05, 0.1) is 29.2 Å². The highest BCUT2D eigenvalue weighted by Crippen LogP contribution is 2.22. The number of nitrogens with one attached hydrogen (secondary N) is 1. The molecule has 0 aliphatic carbocycles. The predicted octanol–water partition coefficient (Wildman–Crippen LogP) is 3.62. The number of hydrogen-bond donors (Lipinski definition) is 1. The van der Waals surface area contributed by atoms with Gasteiger partial charge in [-0.3, -0.25) is 14.2 Å². The number of piperidine rings is 1. The van der Waals surface area contributed by atoms with Crippen LogP contribution in [0, 0.1) is 19.8 Å². The van der Waals surface area contributed by atoms with Crippen LogP contribution in [0.2, 0.25) is 0 Å². The van der Waals surface area contributed by atoms with Gasteiger partial charge in [0.2, 0.25) is 5.91 Å². The number of rotatable bonds is 7. The molecule has 0 saturated carbocycles. The van der Waals surface area contributed by atoms with Gasteiger partial charge < -0.3 is 14.7 Å². The number of para-hydroxylation sites is 2. The van der Waals surface area contributed by atoms with E-state index in [1.807, 2.05) is 73.3 Å². The minimum Gasteiger partial charge on any atom is -0.361 e. The first kappa shape index (κ1) is 23.8. The third kappa shape index (κ3) is 4.89. The lowest BCUT2D eigenvalue weighted by Crippen LogP contribution is -2.46. The number of fused-ring (bicyclic) bond motifs is 1. The van der Waals surface area contributed by atoms with Crippen molar-refractivity contribution < 1.29 is 9.32 Å². The fourth-order valence-electron chi connectivity index (χ4n) is 5.01. The lowest BCUT2D eigenvalue weighted by molar-refractivity contribution is -0.125. The molecule has 36 heavy (non-hydrogen) atoms. The summed E-state index contributed by atoms with van der Waals surface area (Å²) in [5, 5.41) is 7.04. The summed E-state index contributed by atoms with van der Waals surface area (Å²) in [5.74, 6) is 1.02. The molecule has 1 atom stereocenters. The summed E-state index contributed by atoms with van der Waals surface area (Å²) in [5.41, 5.74) is 4.41. The average molecular weight is 486 g/mol. The zero-order valence-electron chi connectivity index (χ0n) is 20.7. The molecule has 0 bridgehead atoms. The Morgan fingerprint density at radius 1 is 1.11 bits per heavy atom. The van der Waals surface area contributed by atoms with Gasteiger partial charge in [-0.2, -0.15) is 0 Å². The van der Waals surface area contributed by atoms with E-state index in [2.05, 4.69) is 10.5 Å². The summed E-state index contributed by atoms with van der Waals surface area (Å²) < 4.78 is 7.01. The van der Waals surface area contributed by atoms with E-state index in [0.29, 0.717) is 38.4 Å². The average Bonchev–Trinajstić information content (AvgIpc) is 3.23. The fraction of sp³-hybridized carbons (Fsp3) is 0.357. The number of hydrogen-bond acceptors (Lipinski definition) is 6. The number of carbonyl (C=O) groups is 1. The van der Waals surface area contributed by atoms with Crippen molar-refractivity contribution in [3.63, 3.8) is 0 Å². The minimum atomic E-state index is -0.196. The van der Waals surface area contributed by atoms with E-state index in [-0.39, 0.29) is 17.4 Å². The van der Waals surface area contributed by atoms with Gasteiger partial charge in [-0.15, -0.1) is 0 Å². The van der Waals surface area contributed by atoms with Crippen molar-refractivity contribution in [2.45, 2.75) is 39.7 Å². The number of aryl methyl sites for hydroxylation is 2. The van der Waals surface area contributed by atoms with Crippen LogP contribution < -0.4 is 15.8 Å². The number of aromatic nitrogens is 3. The standard InChI is InChI=1S/C28H31N5O3/c1-19-23(20(2)36-31-19)14-15-29-27(34)22-11-8-16-32(18-22)26-28(35)33(17-21-9-4-3-5-10-21)25-13-7-6-12-24(25)30-26/h3-7,9-10,12-13,22H,8,11,14-18H2,1-2H3,(H,29,34)/t22-/m1/s1. The second-order valence-corrected chi connectivity index (χ2v) is 9.43. The van der Waals surface area contributed by atoms with Gasteiger partial charge in [0.1, 0.15) is 5.76 Å². The lowest BCUT2D eigenvalue weighted by Gasteiger charge is -2.32. The second-order valence-electron chi connectivity index (χ2n) is 9.43. The van der Waals surface area contributed by atoms with Gasteiger partial charge in [0, 0.05) is 25.2 Å². The SMILES string of the molecule is Cc1noc(C)c1CCNC(=O)[C@@H]1CCCN(c2nc3ccccc3n(Cc3ccccc3)c2=O)C1. The highest BCUT2D eigenvalue weighted by atomic mass is 16.5. The molecule has 1 aliphatic rings. The quantitative estimate of drug-likeness (QED) is 0.430. The summed E-state index contributed by atoms with van der Waals surface area (Å²) in [6.07, 6.45) is 2.30. The molecule has 0 radical (unpaired) electrons. The second kappa shape index (κ2) is 10.4. The first-order valence-corrected chi connectivity index (χ1v) is 12.5. The maximum Gasteiger partial charge on any atom is 0.294 e. The maximum atomic E-state index is 13.7. The molecule has 1 fully saturated rings. The Kier molecular flexibility index (Phi) is 6.84. The van der Waals surface area contributed by atoms with E-state index in [0.717, 1.165) is 46.5 Å². The van der Waals surface area contributed by atoms with Crippen LogP contribution in [0.1, 0.15) is 35.4 Å². The monoisotopic (exact) mass is 485 g/mol. The van der Waals surface area contributed by atoms with Crippen LogP contribution >= 0.6 is 0 Å². The Labute approximate surface area is 209 Å². The van der Waals surface area contributed by atoms with Crippen LogP contribution in [-0.4, -0.2) is 40.2 Å². The highest BCUT2D eigenvalue weighted by Gasteiger charge is 2.28.